The maximum absolute atomic E-state index is 13.4. The molecule has 1 unspecified atom stereocenters. The molecule has 30 heavy (non-hydrogen) atoms. The molecule has 156 valence electrons. The van der Waals surface area contributed by atoms with Crippen molar-refractivity contribution < 1.29 is 23.9 Å². The van der Waals surface area contributed by atoms with Crippen LogP contribution >= 0.6 is 39.1 Å². The SMILES string of the molecule is COC(=O)C12C[C@H](Oc3ccc(Br)cc3)CN1C(=O)N(c1cc(Cl)cc(Cl)c1)C2=O. The van der Waals surface area contributed by atoms with Crippen LogP contribution in [0.3, 0.4) is 0 Å². The first-order valence-electron chi connectivity index (χ1n) is 8.89. The second-order valence-electron chi connectivity index (χ2n) is 6.91. The number of anilines is 1. The maximum atomic E-state index is 13.4. The molecule has 2 aliphatic heterocycles. The third-order valence-corrected chi connectivity index (χ3v) is 6.06. The van der Waals surface area contributed by atoms with Gasteiger partial charge in [0, 0.05) is 20.9 Å². The Labute approximate surface area is 190 Å². The van der Waals surface area contributed by atoms with Gasteiger partial charge >= 0.3 is 12.0 Å². The monoisotopic (exact) mass is 512 g/mol. The molecule has 0 bridgehead atoms. The maximum Gasteiger partial charge on any atom is 0.341 e. The summed E-state index contributed by atoms with van der Waals surface area (Å²) in [5, 5.41) is 0.516. The quantitative estimate of drug-likeness (QED) is 0.346. The van der Waals surface area contributed by atoms with Crippen LogP contribution in [0.5, 0.6) is 5.75 Å². The van der Waals surface area contributed by atoms with Crippen LogP contribution in [0.25, 0.3) is 0 Å². The van der Waals surface area contributed by atoms with Crippen molar-refractivity contribution in [2.24, 2.45) is 0 Å². The highest BCUT2D eigenvalue weighted by atomic mass is 79.9. The molecule has 2 aromatic carbocycles. The van der Waals surface area contributed by atoms with Crippen molar-refractivity contribution in [3.63, 3.8) is 0 Å². The van der Waals surface area contributed by atoms with Crippen molar-refractivity contribution in [2.45, 2.75) is 18.1 Å². The third-order valence-electron chi connectivity index (χ3n) is 5.09. The molecule has 2 heterocycles. The van der Waals surface area contributed by atoms with E-state index >= 15 is 0 Å². The lowest BCUT2D eigenvalue weighted by atomic mass is 9.95. The van der Waals surface area contributed by atoms with Crippen LogP contribution in [-0.2, 0) is 14.3 Å². The van der Waals surface area contributed by atoms with Crippen LogP contribution in [-0.4, -0.2) is 48.1 Å². The summed E-state index contributed by atoms with van der Waals surface area (Å²) in [6.07, 6.45) is -0.603. The van der Waals surface area contributed by atoms with Crippen molar-refractivity contribution >= 4 is 62.7 Å². The number of nitrogens with zero attached hydrogens (tertiary/aromatic N) is 2. The van der Waals surface area contributed by atoms with Gasteiger partial charge in [0.25, 0.3) is 5.91 Å². The number of esters is 1. The molecule has 0 N–H and O–H groups in total. The number of amides is 3. The van der Waals surface area contributed by atoms with Crippen molar-refractivity contribution in [1.82, 2.24) is 4.90 Å². The number of ether oxygens (including phenoxy) is 2. The van der Waals surface area contributed by atoms with Gasteiger partial charge in [0.2, 0.25) is 5.54 Å². The number of rotatable bonds is 4. The summed E-state index contributed by atoms with van der Waals surface area (Å²) >= 11 is 15.4. The van der Waals surface area contributed by atoms with Crippen LogP contribution in [0, 0.1) is 0 Å². The predicted octanol–water partition coefficient (Wildman–Crippen LogP) is 4.29. The number of carbonyl (C=O) groups is 3. The molecular formula is C20H15BrCl2N2O5. The van der Waals surface area contributed by atoms with Gasteiger partial charge in [-0.3, -0.25) is 9.69 Å². The van der Waals surface area contributed by atoms with Gasteiger partial charge in [0.05, 0.1) is 19.3 Å². The Bertz CT molecular complexity index is 1030. The van der Waals surface area contributed by atoms with Crippen molar-refractivity contribution in [3.05, 3.63) is 57.0 Å². The molecule has 0 saturated carbocycles. The predicted molar refractivity (Wildman–Crippen MR) is 114 cm³/mol. The fourth-order valence-corrected chi connectivity index (χ4v) is 4.61. The molecule has 0 aromatic heterocycles. The summed E-state index contributed by atoms with van der Waals surface area (Å²) in [4.78, 5) is 41.4. The average Bonchev–Trinajstić information content (AvgIpc) is 3.17. The number of hydrogen-bond donors (Lipinski definition) is 0. The van der Waals surface area contributed by atoms with Crippen molar-refractivity contribution in [3.8, 4) is 5.75 Å². The molecule has 0 spiro atoms. The second kappa shape index (κ2) is 7.76. The fraction of sp³-hybridized carbons (Fsp3) is 0.250. The normalized spacial score (nSPS) is 23.0. The lowest BCUT2D eigenvalue weighted by Crippen LogP contribution is -2.52. The molecule has 10 heteroatoms. The van der Waals surface area contributed by atoms with Crippen molar-refractivity contribution in [2.75, 3.05) is 18.6 Å². The van der Waals surface area contributed by atoms with Crippen molar-refractivity contribution in [1.29, 1.82) is 0 Å². The van der Waals surface area contributed by atoms with Gasteiger partial charge in [-0.1, -0.05) is 39.1 Å². The van der Waals surface area contributed by atoms with Gasteiger partial charge in [-0.05, 0) is 42.5 Å². The van der Waals surface area contributed by atoms with Gasteiger partial charge in [-0.15, -0.1) is 0 Å². The highest BCUT2D eigenvalue weighted by Gasteiger charge is 2.68. The molecule has 7 nitrogen and oxygen atoms in total. The molecule has 2 saturated heterocycles. The van der Waals surface area contributed by atoms with E-state index in [1.54, 1.807) is 12.1 Å². The van der Waals surface area contributed by atoms with E-state index in [0.29, 0.717) is 5.75 Å². The smallest absolute Gasteiger partial charge is 0.341 e. The Kier molecular flexibility index (Phi) is 5.42. The zero-order chi connectivity index (χ0) is 21.6. The number of fused-ring (bicyclic) bond motifs is 1. The molecule has 2 atom stereocenters. The first-order chi connectivity index (χ1) is 14.3. The number of methoxy groups -OCH3 is 1. The second-order valence-corrected chi connectivity index (χ2v) is 8.70. The molecule has 0 aliphatic carbocycles. The third kappa shape index (κ3) is 3.33. The Morgan fingerprint density at radius 1 is 1.13 bits per heavy atom. The molecule has 0 radical (unpaired) electrons. The van der Waals surface area contributed by atoms with E-state index in [1.165, 1.54) is 30.2 Å². The van der Waals surface area contributed by atoms with E-state index in [2.05, 4.69) is 15.9 Å². The van der Waals surface area contributed by atoms with Crippen LogP contribution in [0.2, 0.25) is 10.0 Å². The Morgan fingerprint density at radius 2 is 1.77 bits per heavy atom. The van der Waals surface area contributed by atoms with E-state index in [4.69, 9.17) is 32.7 Å². The summed E-state index contributed by atoms with van der Waals surface area (Å²) in [7, 11) is 1.18. The minimum Gasteiger partial charge on any atom is -0.488 e. The van der Waals surface area contributed by atoms with E-state index in [-0.39, 0.29) is 28.7 Å². The number of halogens is 3. The molecule has 3 amide bonds. The first-order valence-corrected chi connectivity index (χ1v) is 10.4. The fourth-order valence-electron chi connectivity index (χ4n) is 3.83. The Hall–Kier alpha value is -2.29. The number of carbonyl (C=O) groups excluding carboxylic acids is 3. The average molecular weight is 514 g/mol. The van der Waals surface area contributed by atoms with E-state index in [9.17, 15) is 14.4 Å². The molecule has 2 fully saturated rings. The minimum absolute atomic E-state index is 0.0366. The first kappa shape index (κ1) is 21.0. The topological polar surface area (TPSA) is 76.2 Å². The van der Waals surface area contributed by atoms with E-state index in [0.717, 1.165) is 9.37 Å². The lowest BCUT2D eigenvalue weighted by Gasteiger charge is -2.24. The number of hydrogen-bond acceptors (Lipinski definition) is 5. The number of benzene rings is 2. The van der Waals surface area contributed by atoms with Crippen LogP contribution in [0.1, 0.15) is 6.42 Å². The molecule has 2 aliphatic rings. The lowest BCUT2D eigenvalue weighted by molar-refractivity contribution is -0.154. The summed E-state index contributed by atoms with van der Waals surface area (Å²) in [6, 6.07) is 10.8. The van der Waals surface area contributed by atoms with Crippen LogP contribution in [0.4, 0.5) is 10.5 Å². The Balaban J connectivity index is 1.68. The number of imide groups is 1. The zero-order valence-electron chi connectivity index (χ0n) is 15.6. The Morgan fingerprint density at radius 3 is 2.37 bits per heavy atom. The zero-order valence-corrected chi connectivity index (χ0v) is 18.7. The van der Waals surface area contributed by atoms with E-state index in [1.807, 2.05) is 12.1 Å². The van der Waals surface area contributed by atoms with E-state index < -0.39 is 29.6 Å². The molecular weight excluding hydrogens is 499 g/mol. The van der Waals surface area contributed by atoms with Gasteiger partial charge in [-0.2, -0.15) is 0 Å². The summed E-state index contributed by atoms with van der Waals surface area (Å²) in [5.41, 5.74) is -1.62. The highest BCUT2D eigenvalue weighted by molar-refractivity contribution is 9.10. The standard InChI is InChI=1S/C20H15BrCl2N2O5/c1-29-18(27)20-9-16(30-15-4-2-11(21)3-5-15)10-24(20)19(28)25(17(20)26)14-7-12(22)6-13(23)8-14/h2-8,16H,9-10H2,1H3/t16-,20?/m0/s1. The number of urea groups is 1. The van der Waals surface area contributed by atoms with Gasteiger partial charge < -0.3 is 9.47 Å². The van der Waals surface area contributed by atoms with Gasteiger partial charge in [0.15, 0.2) is 0 Å². The largest absolute Gasteiger partial charge is 0.488 e. The minimum atomic E-state index is -1.80. The highest BCUT2D eigenvalue weighted by Crippen LogP contribution is 2.43. The molecule has 4 rings (SSSR count). The summed E-state index contributed by atoms with van der Waals surface area (Å²) in [5.74, 6) is -0.985. The molecule has 2 aromatic rings. The van der Waals surface area contributed by atoms with Gasteiger partial charge in [0.1, 0.15) is 11.9 Å². The summed E-state index contributed by atoms with van der Waals surface area (Å²) < 4.78 is 11.7. The van der Waals surface area contributed by atoms with Gasteiger partial charge in [-0.25, -0.2) is 14.5 Å². The van der Waals surface area contributed by atoms with Crippen LogP contribution in [0.15, 0.2) is 46.9 Å². The summed E-state index contributed by atoms with van der Waals surface area (Å²) in [6.45, 7) is 0.0422. The van der Waals surface area contributed by atoms with Crippen LogP contribution < -0.4 is 9.64 Å².